The quantitative estimate of drug-likeness (QED) is 0.908. The number of carbonyl (C=O) groups is 2. The Morgan fingerprint density at radius 3 is 2.87 bits per heavy atom. The van der Waals surface area contributed by atoms with Gasteiger partial charge in [0.25, 0.3) is 5.91 Å². The van der Waals surface area contributed by atoms with Gasteiger partial charge in [0.2, 0.25) is 5.91 Å². The summed E-state index contributed by atoms with van der Waals surface area (Å²) in [7, 11) is 0. The monoisotopic (exact) mass is 312 g/mol. The van der Waals surface area contributed by atoms with Gasteiger partial charge in [-0.15, -0.1) is 0 Å². The molecule has 1 aromatic carbocycles. The lowest BCUT2D eigenvalue weighted by Gasteiger charge is -2.10. The molecule has 5 nitrogen and oxygen atoms in total. The van der Waals surface area contributed by atoms with Crippen molar-refractivity contribution in [3.05, 3.63) is 46.9 Å². The van der Waals surface area contributed by atoms with Crippen LogP contribution in [0.2, 0.25) is 0 Å². The molecule has 0 bridgehead atoms. The third kappa shape index (κ3) is 3.28. The number of hydrogen-bond acceptors (Lipinski definition) is 3. The number of furan rings is 1. The van der Waals surface area contributed by atoms with Crippen LogP contribution in [-0.4, -0.2) is 11.8 Å². The molecular formula is C18H20N2O3. The molecule has 0 aliphatic carbocycles. The number of nitrogens with one attached hydrogen (secondary N) is 2. The third-order valence-electron chi connectivity index (χ3n) is 4.05. The van der Waals surface area contributed by atoms with Crippen LogP contribution in [0.5, 0.6) is 0 Å². The van der Waals surface area contributed by atoms with Gasteiger partial charge < -0.3 is 15.1 Å². The summed E-state index contributed by atoms with van der Waals surface area (Å²) < 4.78 is 5.58. The molecule has 0 spiro atoms. The molecule has 2 aromatic rings. The zero-order chi connectivity index (χ0) is 16.4. The van der Waals surface area contributed by atoms with Gasteiger partial charge in [-0.3, -0.25) is 9.59 Å². The number of benzene rings is 1. The number of carbonyl (C=O) groups excluding carboxylic acids is 2. The summed E-state index contributed by atoms with van der Waals surface area (Å²) >= 11 is 0. The standard InChI is InChI=1S/C18H20N2O3/c1-3-15-11(2)9-16(23-15)18(22)19-13-7-8-14-12(10-13)5-4-6-17(21)20-14/h7-10H,3-6H2,1-2H3,(H,19,22)(H,20,21). The summed E-state index contributed by atoms with van der Waals surface area (Å²) in [5.41, 5.74) is 3.56. The van der Waals surface area contributed by atoms with E-state index in [0.29, 0.717) is 17.9 Å². The molecule has 2 N–H and O–H groups in total. The number of aryl methyl sites for hydroxylation is 3. The van der Waals surface area contributed by atoms with E-state index in [1.54, 1.807) is 12.1 Å². The first-order chi connectivity index (χ1) is 11.1. The second kappa shape index (κ2) is 6.28. The van der Waals surface area contributed by atoms with Crippen LogP contribution in [0.4, 0.5) is 11.4 Å². The maximum atomic E-state index is 12.3. The minimum atomic E-state index is -0.259. The second-order valence-corrected chi connectivity index (χ2v) is 5.80. The molecule has 2 amide bonds. The van der Waals surface area contributed by atoms with Crippen molar-refractivity contribution in [3.63, 3.8) is 0 Å². The molecule has 0 unspecified atom stereocenters. The summed E-state index contributed by atoms with van der Waals surface area (Å²) in [6.07, 6.45) is 2.92. The Labute approximate surface area is 135 Å². The molecule has 1 aliphatic rings. The van der Waals surface area contributed by atoms with Crippen LogP contribution in [0.15, 0.2) is 28.7 Å². The Morgan fingerprint density at radius 2 is 2.13 bits per heavy atom. The van der Waals surface area contributed by atoms with Crippen molar-refractivity contribution in [2.24, 2.45) is 0 Å². The number of rotatable bonds is 3. The second-order valence-electron chi connectivity index (χ2n) is 5.80. The van der Waals surface area contributed by atoms with E-state index in [4.69, 9.17) is 4.42 Å². The van der Waals surface area contributed by atoms with Crippen LogP contribution in [0.1, 0.15) is 47.2 Å². The van der Waals surface area contributed by atoms with Gasteiger partial charge in [-0.25, -0.2) is 0 Å². The smallest absolute Gasteiger partial charge is 0.291 e. The molecule has 5 heteroatoms. The molecule has 1 aromatic heterocycles. The minimum absolute atomic E-state index is 0.0405. The average Bonchev–Trinajstić information content (AvgIpc) is 2.80. The van der Waals surface area contributed by atoms with Crippen LogP contribution in [-0.2, 0) is 17.6 Å². The molecule has 2 heterocycles. The van der Waals surface area contributed by atoms with Gasteiger partial charge in [0.05, 0.1) is 0 Å². The Kier molecular flexibility index (Phi) is 4.19. The predicted octanol–water partition coefficient (Wildman–Crippen LogP) is 3.68. The number of amides is 2. The van der Waals surface area contributed by atoms with Crippen molar-refractivity contribution in [1.82, 2.24) is 0 Å². The largest absolute Gasteiger partial charge is 0.456 e. The molecule has 120 valence electrons. The first kappa shape index (κ1) is 15.3. The van der Waals surface area contributed by atoms with Crippen molar-refractivity contribution in [2.45, 2.75) is 39.5 Å². The van der Waals surface area contributed by atoms with Crippen LogP contribution in [0, 0.1) is 6.92 Å². The lowest BCUT2D eigenvalue weighted by Crippen LogP contribution is -2.12. The molecule has 3 rings (SSSR count). The summed E-state index contributed by atoms with van der Waals surface area (Å²) in [5, 5.41) is 5.74. The van der Waals surface area contributed by atoms with Crippen molar-refractivity contribution in [1.29, 1.82) is 0 Å². The zero-order valence-corrected chi connectivity index (χ0v) is 13.4. The summed E-state index contributed by atoms with van der Waals surface area (Å²) in [6.45, 7) is 3.93. The van der Waals surface area contributed by atoms with Crippen molar-refractivity contribution in [3.8, 4) is 0 Å². The van der Waals surface area contributed by atoms with E-state index in [1.165, 1.54) is 0 Å². The first-order valence-corrected chi connectivity index (χ1v) is 7.90. The molecular weight excluding hydrogens is 292 g/mol. The van der Waals surface area contributed by atoms with Crippen LogP contribution in [0.3, 0.4) is 0 Å². The van der Waals surface area contributed by atoms with E-state index >= 15 is 0 Å². The highest BCUT2D eigenvalue weighted by Gasteiger charge is 2.16. The van der Waals surface area contributed by atoms with Crippen LogP contribution < -0.4 is 10.6 Å². The normalized spacial score (nSPS) is 13.9. The van der Waals surface area contributed by atoms with Gasteiger partial charge in [-0.05, 0) is 55.2 Å². The van der Waals surface area contributed by atoms with Crippen molar-refractivity contribution >= 4 is 23.2 Å². The Morgan fingerprint density at radius 1 is 1.30 bits per heavy atom. The number of fused-ring (bicyclic) bond motifs is 1. The predicted molar refractivity (Wildman–Crippen MR) is 88.8 cm³/mol. The number of anilines is 2. The maximum Gasteiger partial charge on any atom is 0.291 e. The van der Waals surface area contributed by atoms with Crippen LogP contribution >= 0.6 is 0 Å². The molecule has 0 atom stereocenters. The maximum absolute atomic E-state index is 12.3. The molecule has 0 saturated carbocycles. The average molecular weight is 312 g/mol. The Bertz CT molecular complexity index is 762. The third-order valence-corrected chi connectivity index (χ3v) is 4.05. The molecule has 0 radical (unpaired) electrons. The van der Waals surface area contributed by atoms with Gasteiger partial charge in [0.15, 0.2) is 5.76 Å². The van der Waals surface area contributed by atoms with E-state index in [2.05, 4.69) is 10.6 Å². The molecule has 1 aliphatic heterocycles. The summed E-state index contributed by atoms with van der Waals surface area (Å²) in [6, 6.07) is 7.30. The van der Waals surface area contributed by atoms with Crippen LogP contribution in [0.25, 0.3) is 0 Å². The Hall–Kier alpha value is -2.56. The van der Waals surface area contributed by atoms with E-state index < -0.39 is 0 Å². The van der Waals surface area contributed by atoms with Crippen molar-refractivity contribution < 1.29 is 14.0 Å². The van der Waals surface area contributed by atoms with E-state index in [0.717, 1.165) is 41.8 Å². The summed E-state index contributed by atoms with van der Waals surface area (Å²) in [5.74, 6) is 0.937. The van der Waals surface area contributed by atoms with Crippen molar-refractivity contribution in [2.75, 3.05) is 10.6 Å². The van der Waals surface area contributed by atoms with E-state index in [-0.39, 0.29) is 11.8 Å². The Balaban J connectivity index is 1.78. The fourth-order valence-corrected chi connectivity index (χ4v) is 2.83. The topological polar surface area (TPSA) is 71.3 Å². The van der Waals surface area contributed by atoms with E-state index in [1.807, 2.05) is 26.0 Å². The fraction of sp³-hybridized carbons (Fsp3) is 0.333. The molecule has 0 saturated heterocycles. The minimum Gasteiger partial charge on any atom is -0.456 e. The summed E-state index contributed by atoms with van der Waals surface area (Å²) in [4.78, 5) is 23.9. The van der Waals surface area contributed by atoms with E-state index in [9.17, 15) is 9.59 Å². The molecule has 23 heavy (non-hydrogen) atoms. The SMILES string of the molecule is CCc1oc(C(=O)Nc2ccc3c(c2)CCCC(=O)N3)cc1C. The zero-order valence-electron chi connectivity index (χ0n) is 13.4. The molecule has 0 fully saturated rings. The first-order valence-electron chi connectivity index (χ1n) is 7.90. The van der Waals surface area contributed by atoms with Gasteiger partial charge in [0.1, 0.15) is 5.76 Å². The van der Waals surface area contributed by atoms with Gasteiger partial charge in [0, 0.05) is 24.2 Å². The highest BCUT2D eigenvalue weighted by molar-refractivity contribution is 6.02. The highest BCUT2D eigenvalue weighted by Crippen LogP contribution is 2.26. The number of hydrogen-bond donors (Lipinski definition) is 2. The lowest BCUT2D eigenvalue weighted by molar-refractivity contribution is -0.116. The fourth-order valence-electron chi connectivity index (χ4n) is 2.83. The van der Waals surface area contributed by atoms with Gasteiger partial charge in [-0.1, -0.05) is 6.92 Å². The van der Waals surface area contributed by atoms with Gasteiger partial charge >= 0.3 is 0 Å². The van der Waals surface area contributed by atoms with Gasteiger partial charge in [-0.2, -0.15) is 0 Å². The lowest BCUT2D eigenvalue weighted by atomic mass is 10.1. The highest BCUT2D eigenvalue weighted by atomic mass is 16.4.